The Morgan fingerprint density at radius 3 is 1.46 bits per heavy atom. The van der Waals surface area contributed by atoms with Crippen LogP contribution in [0.5, 0.6) is 0 Å². The minimum Gasteiger partial charge on any atom is -0.480 e. The fourth-order valence-electron chi connectivity index (χ4n) is 7.07. The van der Waals surface area contributed by atoms with Gasteiger partial charge in [-0.25, -0.2) is 4.79 Å². The van der Waals surface area contributed by atoms with Crippen molar-refractivity contribution in [3.05, 3.63) is 36.5 Å². The number of carbonyl (C=O) groups excluding carboxylic acids is 3. The van der Waals surface area contributed by atoms with Crippen LogP contribution >= 0.6 is 0 Å². The maximum Gasteiger partial charge on any atom is 0.328 e. The first-order valence-corrected chi connectivity index (χ1v) is 24.4. The Morgan fingerprint density at radius 2 is 0.966 bits per heavy atom. The van der Waals surface area contributed by atoms with Crippen LogP contribution in [0.4, 0.5) is 0 Å². The van der Waals surface area contributed by atoms with Gasteiger partial charge in [0.05, 0.1) is 13.2 Å². The quantitative estimate of drug-likeness (QED) is 0.0272. The lowest BCUT2D eigenvalue weighted by molar-refractivity contribution is -0.147. The number of carboxylic acid groups (broad SMARTS) is 1. The van der Waals surface area contributed by atoms with Gasteiger partial charge in [-0.3, -0.25) is 14.4 Å². The summed E-state index contributed by atoms with van der Waals surface area (Å²) in [5.41, 5.74) is 0. The van der Waals surface area contributed by atoms with Crippen LogP contribution in [0.1, 0.15) is 232 Å². The van der Waals surface area contributed by atoms with Crippen LogP contribution in [0.3, 0.4) is 0 Å². The molecule has 0 fully saturated rings. The van der Waals surface area contributed by atoms with E-state index in [-0.39, 0.29) is 30.9 Å². The number of carbonyl (C=O) groups is 4. The molecule has 9 heteroatoms. The first kappa shape index (κ1) is 56.1. The van der Waals surface area contributed by atoms with Crippen molar-refractivity contribution in [2.45, 2.75) is 244 Å². The van der Waals surface area contributed by atoms with Gasteiger partial charge in [0.15, 0.2) is 0 Å². The molecule has 0 saturated heterocycles. The molecule has 0 heterocycles. The van der Waals surface area contributed by atoms with Crippen molar-refractivity contribution in [2.24, 2.45) is 0 Å². The molecule has 0 aromatic rings. The third-order valence-corrected chi connectivity index (χ3v) is 10.8. The van der Waals surface area contributed by atoms with Crippen LogP contribution in [0.15, 0.2) is 36.5 Å². The van der Waals surface area contributed by atoms with Crippen molar-refractivity contribution in [1.29, 1.82) is 0 Å². The molecule has 0 aliphatic rings. The molecule has 9 nitrogen and oxygen atoms in total. The van der Waals surface area contributed by atoms with E-state index in [1.165, 1.54) is 141 Å². The zero-order valence-electron chi connectivity index (χ0n) is 38.0. The number of aliphatic hydroxyl groups is 1. The van der Waals surface area contributed by atoms with Gasteiger partial charge in [0, 0.05) is 12.8 Å². The van der Waals surface area contributed by atoms with Gasteiger partial charge in [-0.1, -0.05) is 179 Å². The Labute approximate surface area is 361 Å². The van der Waals surface area contributed by atoms with E-state index >= 15 is 0 Å². The average molecular weight is 831 g/mol. The minimum absolute atomic E-state index is 0.110. The van der Waals surface area contributed by atoms with Gasteiger partial charge < -0.3 is 25.6 Å². The molecule has 0 aromatic carbocycles. The maximum atomic E-state index is 12.8. The predicted molar refractivity (Wildman–Crippen MR) is 245 cm³/mol. The number of hydrogen-bond acceptors (Lipinski definition) is 6. The van der Waals surface area contributed by atoms with Crippen molar-refractivity contribution in [1.82, 2.24) is 10.6 Å². The first-order valence-electron chi connectivity index (χ1n) is 24.4. The molecule has 59 heavy (non-hydrogen) atoms. The Bertz CT molecular complexity index is 1090. The number of aliphatic hydroxyl groups excluding tert-OH is 1. The lowest BCUT2D eigenvalue weighted by Gasteiger charge is -2.15. The molecule has 0 saturated carbocycles. The standard InChI is InChI=1S/C50H90N2O7/c1-3-5-7-9-11-13-14-15-16-17-18-19-20-21-22-23-24-25-26-28-30-32-38-42-49(56)59-45(39-35-31-29-27-12-10-8-6-4-2)40-36-33-34-37-41-47(54)51-43-48(55)52-46(44-53)50(57)58/h14-15,17-18,35,39,45-46,53H,3-13,16,19-34,36-38,40-44H2,1-2H3,(H,51,54)(H,52,55)(H,57,58)/b15-14-,18-17-,39-35-. The van der Waals surface area contributed by atoms with Crippen molar-refractivity contribution < 1.29 is 34.1 Å². The van der Waals surface area contributed by atoms with Crippen molar-refractivity contribution >= 4 is 23.8 Å². The van der Waals surface area contributed by atoms with E-state index in [0.29, 0.717) is 12.8 Å². The highest BCUT2D eigenvalue weighted by molar-refractivity contribution is 5.87. The fourth-order valence-corrected chi connectivity index (χ4v) is 7.07. The van der Waals surface area contributed by atoms with Gasteiger partial charge in [-0.15, -0.1) is 0 Å². The highest BCUT2D eigenvalue weighted by atomic mass is 16.5. The molecule has 342 valence electrons. The number of amides is 2. The number of hydrogen-bond donors (Lipinski definition) is 4. The van der Waals surface area contributed by atoms with E-state index in [9.17, 15) is 19.2 Å². The van der Waals surface area contributed by atoms with E-state index in [0.717, 1.165) is 57.8 Å². The highest BCUT2D eigenvalue weighted by Gasteiger charge is 2.19. The zero-order chi connectivity index (χ0) is 43.3. The SMILES string of the molecule is CCCCCCC/C=C\C/C=C\CCCCCCCCCCCCCC(=O)OC(/C=C\CCCCCCCCC)CCCCCCC(=O)NCC(=O)NC(CO)C(=O)O. The Morgan fingerprint density at radius 1 is 0.525 bits per heavy atom. The largest absolute Gasteiger partial charge is 0.480 e. The molecule has 0 rings (SSSR count). The summed E-state index contributed by atoms with van der Waals surface area (Å²) in [6.07, 6.45) is 52.0. The van der Waals surface area contributed by atoms with Gasteiger partial charge in [0.2, 0.25) is 11.8 Å². The second kappa shape index (κ2) is 44.6. The van der Waals surface area contributed by atoms with Crippen molar-refractivity contribution in [3.8, 4) is 0 Å². The number of nitrogens with one attached hydrogen (secondary N) is 2. The molecule has 0 aromatic heterocycles. The molecule has 2 unspecified atom stereocenters. The maximum absolute atomic E-state index is 12.8. The summed E-state index contributed by atoms with van der Waals surface area (Å²) in [5, 5.41) is 22.6. The summed E-state index contributed by atoms with van der Waals surface area (Å²) in [7, 11) is 0. The van der Waals surface area contributed by atoms with Crippen molar-refractivity contribution in [2.75, 3.05) is 13.2 Å². The third-order valence-electron chi connectivity index (χ3n) is 10.8. The zero-order valence-corrected chi connectivity index (χ0v) is 38.0. The van der Waals surface area contributed by atoms with Crippen molar-refractivity contribution in [3.63, 3.8) is 0 Å². The lowest BCUT2D eigenvalue weighted by Crippen LogP contribution is -2.47. The normalized spacial score (nSPS) is 12.7. The lowest BCUT2D eigenvalue weighted by atomic mass is 10.0. The van der Waals surface area contributed by atoms with E-state index in [1.807, 2.05) is 0 Å². The number of unbranched alkanes of at least 4 members (excludes halogenated alkanes) is 26. The Kier molecular flexibility index (Phi) is 42.4. The minimum atomic E-state index is -1.39. The van der Waals surface area contributed by atoms with Crippen LogP contribution in [-0.4, -0.2) is 59.3 Å². The Hall–Kier alpha value is -2.94. The molecule has 0 spiro atoms. The molecule has 0 bridgehead atoms. The van der Waals surface area contributed by atoms with Gasteiger partial charge in [0.25, 0.3) is 0 Å². The predicted octanol–water partition coefficient (Wildman–Crippen LogP) is 12.5. The number of aliphatic carboxylic acids is 1. The number of allylic oxidation sites excluding steroid dienone is 5. The molecule has 4 N–H and O–H groups in total. The average Bonchev–Trinajstić information content (AvgIpc) is 3.22. The second-order valence-electron chi connectivity index (χ2n) is 16.5. The second-order valence-corrected chi connectivity index (χ2v) is 16.5. The Balaban J connectivity index is 4.15. The van der Waals surface area contributed by atoms with Gasteiger partial charge in [-0.2, -0.15) is 0 Å². The number of esters is 1. The van der Waals surface area contributed by atoms with Crippen LogP contribution < -0.4 is 10.6 Å². The van der Waals surface area contributed by atoms with Gasteiger partial charge in [-0.05, 0) is 76.7 Å². The summed E-state index contributed by atoms with van der Waals surface area (Å²) in [6.45, 7) is 3.45. The van der Waals surface area contributed by atoms with Crippen LogP contribution in [-0.2, 0) is 23.9 Å². The summed E-state index contributed by atoms with van der Waals surface area (Å²) >= 11 is 0. The molecule has 2 amide bonds. The summed E-state index contributed by atoms with van der Waals surface area (Å²) in [5.74, 6) is -2.39. The number of carboxylic acids is 1. The van der Waals surface area contributed by atoms with Gasteiger partial charge >= 0.3 is 11.9 Å². The van der Waals surface area contributed by atoms with Crippen LogP contribution in [0, 0.1) is 0 Å². The highest BCUT2D eigenvalue weighted by Crippen LogP contribution is 2.16. The van der Waals surface area contributed by atoms with Crippen LogP contribution in [0.2, 0.25) is 0 Å². The summed E-state index contributed by atoms with van der Waals surface area (Å²) in [6, 6.07) is -1.39. The van der Waals surface area contributed by atoms with E-state index < -0.39 is 24.5 Å². The molecular formula is C50H90N2O7. The van der Waals surface area contributed by atoms with E-state index in [1.54, 1.807) is 0 Å². The first-order chi connectivity index (χ1) is 28.8. The fraction of sp³-hybridized carbons (Fsp3) is 0.800. The smallest absolute Gasteiger partial charge is 0.328 e. The molecule has 0 aliphatic carbocycles. The molecular weight excluding hydrogens is 741 g/mol. The summed E-state index contributed by atoms with van der Waals surface area (Å²) < 4.78 is 5.94. The third kappa shape index (κ3) is 41.6. The molecule has 0 radical (unpaired) electrons. The van der Waals surface area contributed by atoms with Crippen LogP contribution in [0.25, 0.3) is 0 Å². The van der Waals surface area contributed by atoms with E-state index in [2.05, 4.69) is 60.9 Å². The topological polar surface area (TPSA) is 142 Å². The number of ether oxygens (including phenoxy) is 1. The summed E-state index contributed by atoms with van der Waals surface area (Å²) in [4.78, 5) is 47.7. The molecule has 2 atom stereocenters. The number of rotatable bonds is 44. The molecule has 0 aliphatic heterocycles. The monoisotopic (exact) mass is 831 g/mol. The van der Waals surface area contributed by atoms with E-state index in [4.69, 9.17) is 14.9 Å². The van der Waals surface area contributed by atoms with Gasteiger partial charge in [0.1, 0.15) is 12.1 Å².